The molecule has 2 rings (SSSR count). The maximum atomic E-state index is 4.58. The van der Waals surface area contributed by atoms with Gasteiger partial charge in [0.15, 0.2) is 5.96 Å². The van der Waals surface area contributed by atoms with Gasteiger partial charge in [0.25, 0.3) is 0 Å². The van der Waals surface area contributed by atoms with Gasteiger partial charge in [-0.25, -0.2) is 9.98 Å². The molecule has 6 heteroatoms. The van der Waals surface area contributed by atoms with Gasteiger partial charge in [0.05, 0.1) is 11.9 Å². The Morgan fingerprint density at radius 2 is 2.00 bits per heavy atom. The molecule has 3 N–H and O–H groups in total. The summed E-state index contributed by atoms with van der Waals surface area (Å²) in [5.74, 6) is 1.69. The van der Waals surface area contributed by atoms with Gasteiger partial charge >= 0.3 is 0 Å². The van der Waals surface area contributed by atoms with Crippen molar-refractivity contribution in [1.82, 2.24) is 20.6 Å². The molecule has 0 radical (unpaired) electrons. The number of hydrogen-bond acceptors (Lipinski definition) is 2. The Bertz CT molecular complexity index is 594. The highest BCUT2D eigenvalue weighted by Crippen LogP contribution is 2.16. The van der Waals surface area contributed by atoms with Crippen LogP contribution in [0.5, 0.6) is 0 Å². The van der Waals surface area contributed by atoms with Crippen LogP contribution < -0.4 is 10.6 Å². The lowest BCUT2D eigenvalue weighted by atomic mass is 10.2. The Morgan fingerprint density at radius 3 is 2.65 bits per heavy atom. The maximum absolute atomic E-state index is 4.58. The third-order valence-corrected chi connectivity index (χ3v) is 3.44. The van der Waals surface area contributed by atoms with Crippen LogP contribution in [0.1, 0.15) is 33.0 Å². The summed E-state index contributed by atoms with van der Waals surface area (Å²) in [6.45, 7) is 7.73. The summed E-state index contributed by atoms with van der Waals surface area (Å²) in [6, 6.07) is 10.6. The minimum absolute atomic E-state index is 0. The second-order valence-corrected chi connectivity index (χ2v) is 5.26. The zero-order chi connectivity index (χ0) is 15.8. The molecule has 0 aliphatic heterocycles. The van der Waals surface area contributed by atoms with Crippen LogP contribution >= 0.6 is 24.0 Å². The van der Waals surface area contributed by atoms with E-state index in [-0.39, 0.29) is 24.0 Å². The fourth-order valence-electron chi connectivity index (χ4n) is 2.02. The molecule has 0 aliphatic rings. The second-order valence-electron chi connectivity index (χ2n) is 5.26. The maximum Gasteiger partial charge on any atom is 0.191 e. The molecule has 23 heavy (non-hydrogen) atoms. The summed E-state index contributed by atoms with van der Waals surface area (Å²) in [5, 5.41) is 6.63. The van der Waals surface area contributed by atoms with Crippen LogP contribution in [0.4, 0.5) is 0 Å². The molecule has 1 atom stereocenters. The van der Waals surface area contributed by atoms with Gasteiger partial charge in [0.2, 0.25) is 0 Å². The predicted octanol–water partition coefficient (Wildman–Crippen LogP) is 3.55. The number of guanidine groups is 1. The first kappa shape index (κ1) is 19.5. The quantitative estimate of drug-likeness (QED) is 0.375. The number of nitrogens with zero attached hydrogens (tertiary/aromatic N) is 2. The number of H-pyrrole nitrogens is 1. The van der Waals surface area contributed by atoms with Gasteiger partial charge in [0, 0.05) is 12.6 Å². The molecule has 0 saturated heterocycles. The van der Waals surface area contributed by atoms with Crippen LogP contribution in [-0.2, 0) is 6.54 Å². The molecule has 2 aromatic rings. The van der Waals surface area contributed by atoms with Gasteiger partial charge in [-0.1, -0.05) is 37.3 Å². The van der Waals surface area contributed by atoms with Gasteiger partial charge in [0.1, 0.15) is 12.4 Å². The van der Waals surface area contributed by atoms with Crippen LogP contribution in [0.3, 0.4) is 0 Å². The summed E-state index contributed by atoms with van der Waals surface area (Å²) in [4.78, 5) is 12.3. The van der Waals surface area contributed by atoms with E-state index in [4.69, 9.17) is 0 Å². The van der Waals surface area contributed by atoms with E-state index in [1.165, 1.54) is 0 Å². The van der Waals surface area contributed by atoms with E-state index in [2.05, 4.69) is 58.5 Å². The number of aromatic amines is 1. The first-order valence-corrected chi connectivity index (χ1v) is 7.87. The zero-order valence-electron chi connectivity index (χ0n) is 14.0. The van der Waals surface area contributed by atoms with Crippen molar-refractivity contribution < 1.29 is 0 Å². The highest BCUT2D eigenvalue weighted by molar-refractivity contribution is 14.0. The number of nitrogens with one attached hydrogen (secondary N) is 3. The number of aromatic nitrogens is 2. The monoisotopic (exact) mass is 427 g/mol. The van der Waals surface area contributed by atoms with Crippen molar-refractivity contribution in [2.24, 2.45) is 4.99 Å². The van der Waals surface area contributed by atoms with Crippen LogP contribution in [0.2, 0.25) is 0 Å². The van der Waals surface area contributed by atoms with Crippen molar-refractivity contribution in [3.8, 4) is 11.3 Å². The minimum Gasteiger partial charge on any atom is -0.357 e. The van der Waals surface area contributed by atoms with E-state index >= 15 is 0 Å². The van der Waals surface area contributed by atoms with Crippen molar-refractivity contribution in [2.45, 2.75) is 39.8 Å². The molecule has 5 nitrogen and oxygen atoms in total. The lowest BCUT2D eigenvalue weighted by molar-refractivity contribution is 0.624. The SMILES string of the molecule is CCNC(=NCc1ncc(-c2ccccc2)[nH]1)NC(C)CC.I. The molecular weight excluding hydrogens is 401 g/mol. The Kier molecular flexibility index (Phi) is 8.68. The molecule has 1 aromatic carbocycles. The third kappa shape index (κ3) is 6.21. The predicted molar refractivity (Wildman–Crippen MR) is 107 cm³/mol. The van der Waals surface area contributed by atoms with Crippen LogP contribution in [0.15, 0.2) is 41.5 Å². The largest absolute Gasteiger partial charge is 0.357 e. The molecule has 0 spiro atoms. The van der Waals surface area contributed by atoms with Gasteiger partial charge in [-0.15, -0.1) is 24.0 Å². The second kappa shape index (κ2) is 10.3. The van der Waals surface area contributed by atoms with E-state index in [0.717, 1.165) is 36.0 Å². The van der Waals surface area contributed by atoms with Gasteiger partial charge in [-0.2, -0.15) is 0 Å². The number of aliphatic imine (C=N–C) groups is 1. The number of imidazole rings is 1. The average molecular weight is 427 g/mol. The van der Waals surface area contributed by atoms with Gasteiger partial charge in [-0.05, 0) is 25.8 Å². The number of halogens is 1. The number of benzene rings is 1. The topological polar surface area (TPSA) is 65.1 Å². The molecule has 1 aromatic heterocycles. The van der Waals surface area contributed by atoms with Crippen molar-refractivity contribution in [1.29, 1.82) is 0 Å². The lowest BCUT2D eigenvalue weighted by Crippen LogP contribution is -2.41. The van der Waals surface area contributed by atoms with Crippen molar-refractivity contribution in [2.75, 3.05) is 6.54 Å². The molecule has 1 unspecified atom stereocenters. The highest BCUT2D eigenvalue weighted by Gasteiger charge is 2.05. The first-order valence-electron chi connectivity index (χ1n) is 7.87. The van der Waals surface area contributed by atoms with Crippen molar-refractivity contribution in [3.63, 3.8) is 0 Å². The Labute approximate surface area is 155 Å². The summed E-state index contributed by atoms with van der Waals surface area (Å²) in [7, 11) is 0. The molecule has 0 fully saturated rings. The average Bonchev–Trinajstić information content (AvgIpc) is 3.02. The summed E-state index contributed by atoms with van der Waals surface area (Å²) in [6.07, 6.45) is 2.92. The number of rotatable bonds is 6. The molecule has 0 bridgehead atoms. The molecule has 0 amide bonds. The Hall–Kier alpha value is -1.57. The fraction of sp³-hybridized carbons (Fsp3) is 0.412. The van der Waals surface area contributed by atoms with Crippen LogP contribution in [0, 0.1) is 0 Å². The highest BCUT2D eigenvalue weighted by atomic mass is 127. The Morgan fingerprint density at radius 1 is 1.26 bits per heavy atom. The van der Waals surface area contributed by atoms with E-state index in [1.807, 2.05) is 24.4 Å². The number of hydrogen-bond donors (Lipinski definition) is 3. The van der Waals surface area contributed by atoms with E-state index < -0.39 is 0 Å². The van der Waals surface area contributed by atoms with Gasteiger partial charge in [-0.3, -0.25) is 0 Å². The summed E-state index contributed by atoms with van der Waals surface area (Å²) >= 11 is 0. The molecule has 126 valence electrons. The molecule has 0 aliphatic carbocycles. The van der Waals surface area contributed by atoms with Crippen LogP contribution in [-0.4, -0.2) is 28.5 Å². The first-order chi connectivity index (χ1) is 10.7. The molecule has 1 heterocycles. The fourth-order valence-corrected chi connectivity index (χ4v) is 2.02. The van der Waals surface area contributed by atoms with Crippen LogP contribution in [0.25, 0.3) is 11.3 Å². The van der Waals surface area contributed by atoms with E-state index in [1.54, 1.807) is 0 Å². The van der Waals surface area contributed by atoms with Crippen molar-refractivity contribution in [3.05, 3.63) is 42.4 Å². The van der Waals surface area contributed by atoms with E-state index in [0.29, 0.717) is 12.6 Å². The summed E-state index contributed by atoms with van der Waals surface area (Å²) in [5.41, 5.74) is 2.15. The van der Waals surface area contributed by atoms with Crippen molar-refractivity contribution >= 4 is 29.9 Å². The minimum atomic E-state index is 0. The standard InChI is InChI=1S/C17H25N5.HI/c1-4-13(3)21-17(18-5-2)20-12-16-19-11-15(22-16)14-9-7-6-8-10-14;/h6-11,13H,4-5,12H2,1-3H3,(H,19,22)(H2,18,20,21);1H. The lowest BCUT2D eigenvalue weighted by Gasteiger charge is -2.15. The summed E-state index contributed by atoms with van der Waals surface area (Å²) < 4.78 is 0. The normalized spacial score (nSPS) is 12.4. The molecular formula is C17H26IN5. The zero-order valence-corrected chi connectivity index (χ0v) is 16.3. The van der Waals surface area contributed by atoms with Gasteiger partial charge < -0.3 is 15.6 Å². The Balaban J connectivity index is 0.00000264. The smallest absolute Gasteiger partial charge is 0.191 e. The van der Waals surface area contributed by atoms with E-state index in [9.17, 15) is 0 Å². The third-order valence-electron chi connectivity index (χ3n) is 3.44. The molecule has 0 saturated carbocycles.